The molecule has 0 saturated heterocycles. The number of rotatable bonds is 4. The third kappa shape index (κ3) is 5.26. The molecule has 0 aromatic carbocycles. The summed E-state index contributed by atoms with van der Waals surface area (Å²) < 4.78 is 0. The molecule has 0 unspecified atom stereocenters. The number of hydrogen-bond acceptors (Lipinski definition) is 3. The molecule has 1 radical (unpaired) electrons. The number of amides is 1. The van der Waals surface area contributed by atoms with Crippen LogP contribution in [-0.2, 0) is 9.63 Å². The molecule has 0 bridgehead atoms. The molecule has 0 fully saturated rings. The lowest BCUT2D eigenvalue weighted by Crippen LogP contribution is -2.16. The lowest BCUT2D eigenvalue weighted by molar-refractivity contribution is -0.135. The number of hydroxylamine groups is 1. The van der Waals surface area contributed by atoms with E-state index >= 15 is 0 Å². The Bertz CT molecular complexity index is 84.3. The van der Waals surface area contributed by atoms with Gasteiger partial charge in [-0.2, -0.15) is 0 Å². The molecule has 0 spiro atoms. The normalized spacial score (nSPS) is 9.11. The van der Waals surface area contributed by atoms with E-state index in [1.54, 1.807) is 6.92 Å². The highest BCUT2D eigenvalue weighted by Crippen LogP contribution is 1.77. The third-order valence-electron chi connectivity index (χ3n) is 0.651. The van der Waals surface area contributed by atoms with Gasteiger partial charge in [0.1, 0.15) is 6.61 Å². The number of hydrogen-bond donors (Lipinski definition) is 1. The van der Waals surface area contributed by atoms with Gasteiger partial charge < -0.3 is 5.11 Å². The summed E-state index contributed by atoms with van der Waals surface area (Å²) in [7, 11) is 0. The van der Waals surface area contributed by atoms with Gasteiger partial charge in [0.2, 0.25) is 0 Å². The second kappa shape index (κ2) is 5.53. The van der Waals surface area contributed by atoms with E-state index < -0.39 is 0 Å². The lowest BCUT2D eigenvalue weighted by Gasteiger charge is -1.95. The second-order valence-electron chi connectivity index (χ2n) is 1.40. The number of nitrogens with zero attached hydrogens (tertiary/aromatic N) is 1. The zero-order valence-corrected chi connectivity index (χ0v) is 5.33. The van der Waals surface area contributed by atoms with E-state index in [9.17, 15) is 4.79 Å². The Morgan fingerprint density at radius 1 is 1.78 bits per heavy atom. The van der Waals surface area contributed by atoms with Gasteiger partial charge in [0, 0.05) is 6.42 Å². The summed E-state index contributed by atoms with van der Waals surface area (Å²) in [5.41, 5.74) is 3.13. The molecular formula is C5H10NO3. The van der Waals surface area contributed by atoms with Crippen LogP contribution in [-0.4, -0.2) is 24.2 Å². The van der Waals surface area contributed by atoms with Crippen LogP contribution in [0.15, 0.2) is 0 Å². The van der Waals surface area contributed by atoms with E-state index in [-0.39, 0.29) is 19.1 Å². The van der Waals surface area contributed by atoms with Gasteiger partial charge in [0.25, 0.3) is 5.91 Å². The van der Waals surface area contributed by atoms with Crippen molar-refractivity contribution < 1.29 is 14.7 Å². The van der Waals surface area contributed by atoms with Crippen LogP contribution in [0.1, 0.15) is 13.3 Å². The van der Waals surface area contributed by atoms with Crippen LogP contribution in [0, 0.1) is 0 Å². The quantitative estimate of drug-likeness (QED) is 0.412. The number of aliphatic hydroxyl groups is 1. The molecule has 53 valence electrons. The van der Waals surface area contributed by atoms with Crippen LogP contribution in [0.25, 0.3) is 0 Å². The van der Waals surface area contributed by atoms with Crippen LogP contribution >= 0.6 is 0 Å². The van der Waals surface area contributed by atoms with Gasteiger partial charge in [-0.15, -0.1) is 0 Å². The molecule has 0 aliphatic heterocycles. The van der Waals surface area contributed by atoms with Gasteiger partial charge in [-0.1, -0.05) is 12.4 Å². The summed E-state index contributed by atoms with van der Waals surface area (Å²) >= 11 is 0. The van der Waals surface area contributed by atoms with E-state index in [0.717, 1.165) is 0 Å². The first-order valence-corrected chi connectivity index (χ1v) is 2.78. The van der Waals surface area contributed by atoms with Crippen LogP contribution in [0.5, 0.6) is 0 Å². The summed E-state index contributed by atoms with van der Waals surface area (Å²) in [6.45, 7) is 1.67. The average Bonchev–Trinajstić information content (AvgIpc) is 1.89. The van der Waals surface area contributed by atoms with Crippen molar-refractivity contribution in [3.63, 3.8) is 0 Å². The van der Waals surface area contributed by atoms with E-state index in [2.05, 4.69) is 10.3 Å². The molecule has 0 aliphatic carbocycles. The van der Waals surface area contributed by atoms with Crippen molar-refractivity contribution in [2.75, 3.05) is 13.2 Å². The molecule has 9 heavy (non-hydrogen) atoms. The van der Waals surface area contributed by atoms with Crippen molar-refractivity contribution in [2.45, 2.75) is 13.3 Å². The predicted octanol–water partition coefficient (Wildman–Crippen LogP) is -0.549. The standard InChI is InChI=1S/C5H10NO3/c1-2-5(8)6-9-4-3-7/h7H,2-4H2,1H3. The molecule has 0 saturated carbocycles. The van der Waals surface area contributed by atoms with Gasteiger partial charge in [-0.05, 0) is 0 Å². The third-order valence-corrected chi connectivity index (χ3v) is 0.651. The molecule has 4 heteroatoms. The molecule has 1 amide bonds. The van der Waals surface area contributed by atoms with Crippen LogP contribution < -0.4 is 5.48 Å². The van der Waals surface area contributed by atoms with Crippen molar-refractivity contribution >= 4 is 5.91 Å². The number of carbonyl (C=O) groups is 1. The SMILES string of the molecule is CCC(=O)[N]OCCO. The van der Waals surface area contributed by atoms with E-state index in [1.807, 2.05) is 0 Å². The van der Waals surface area contributed by atoms with Gasteiger partial charge in [-0.3, -0.25) is 4.79 Å². The highest BCUT2D eigenvalue weighted by Gasteiger charge is 1.96. The molecule has 0 atom stereocenters. The fourth-order valence-corrected chi connectivity index (χ4v) is 0.223. The van der Waals surface area contributed by atoms with Crippen molar-refractivity contribution in [1.82, 2.24) is 5.48 Å². The van der Waals surface area contributed by atoms with E-state index in [4.69, 9.17) is 5.11 Å². The Morgan fingerprint density at radius 3 is 2.89 bits per heavy atom. The largest absolute Gasteiger partial charge is 0.394 e. The Labute approximate surface area is 53.8 Å². The predicted molar refractivity (Wildman–Crippen MR) is 30.5 cm³/mol. The first kappa shape index (κ1) is 8.39. The van der Waals surface area contributed by atoms with Gasteiger partial charge in [-0.25, -0.2) is 4.84 Å². The number of aliphatic hydroxyl groups excluding tert-OH is 1. The minimum absolute atomic E-state index is 0.0890. The second-order valence-corrected chi connectivity index (χ2v) is 1.40. The topological polar surface area (TPSA) is 60.6 Å². The van der Waals surface area contributed by atoms with Crippen molar-refractivity contribution in [3.8, 4) is 0 Å². The summed E-state index contributed by atoms with van der Waals surface area (Å²) in [5, 5.41) is 8.16. The molecule has 0 rings (SSSR count). The number of carbonyl (C=O) groups excluding carboxylic acids is 1. The summed E-state index contributed by atoms with van der Waals surface area (Å²) in [5.74, 6) is -0.302. The molecule has 0 aliphatic rings. The fraction of sp³-hybridized carbons (Fsp3) is 0.800. The molecule has 1 N–H and O–H groups in total. The molecular weight excluding hydrogens is 122 g/mol. The fourth-order valence-electron chi connectivity index (χ4n) is 0.223. The van der Waals surface area contributed by atoms with E-state index in [0.29, 0.717) is 6.42 Å². The summed E-state index contributed by atoms with van der Waals surface area (Å²) in [4.78, 5) is 14.7. The Morgan fingerprint density at radius 2 is 2.44 bits per heavy atom. The zero-order valence-electron chi connectivity index (χ0n) is 5.33. The van der Waals surface area contributed by atoms with Crippen molar-refractivity contribution in [3.05, 3.63) is 0 Å². The Kier molecular flexibility index (Phi) is 5.15. The first-order chi connectivity index (χ1) is 4.31. The van der Waals surface area contributed by atoms with Gasteiger partial charge in [0.05, 0.1) is 6.61 Å². The minimum atomic E-state index is -0.302. The summed E-state index contributed by atoms with van der Waals surface area (Å²) in [6, 6.07) is 0. The zero-order chi connectivity index (χ0) is 7.11. The van der Waals surface area contributed by atoms with E-state index in [1.165, 1.54) is 0 Å². The Hall–Kier alpha value is -0.610. The smallest absolute Gasteiger partial charge is 0.269 e. The Balaban J connectivity index is 2.97. The van der Waals surface area contributed by atoms with Gasteiger partial charge >= 0.3 is 0 Å². The molecule has 0 aromatic heterocycles. The van der Waals surface area contributed by atoms with Crippen LogP contribution in [0.2, 0.25) is 0 Å². The summed E-state index contributed by atoms with van der Waals surface area (Å²) in [6.07, 6.45) is 0.339. The maximum absolute atomic E-state index is 10.3. The average molecular weight is 132 g/mol. The van der Waals surface area contributed by atoms with Crippen LogP contribution in [0.4, 0.5) is 0 Å². The molecule has 0 aromatic rings. The maximum atomic E-state index is 10.3. The first-order valence-electron chi connectivity index (χ1n) is 2.78. The molecule has 0 heterocycles. The lowest BCUT2D eigenvalue weighted by atomic mass is 10.5. The van der Waals surface area contributed by atoms with Crippen molar-refractivity contribution in [1.29, 1.82) is 0 Å². The minimum Gasteiger partial charge on any atom is -0.394 e. The van der Waals surface area contributed by atoms with Gasteiger partial charge in [0.15, 0.2) is 0 Å². The highest BCUT2D eigenvalue weighted by molar-refractivity contribution is 5.73. The molecule has 4 nitrogen and oxygen atoms in total. The monoisotopic (exact) mass is 132 g/mol. The maximum Gasteiger partial charge on any atom is 0.269 e. The van der Waals surface area contributed by atoms with Crippen LogP contribution in [0.3, 0.4) is 0 Å². The van der Waals surface area contributed by atoms with Crippen molar-refractivity contribution in [2.24, 2.45) is 0 Å². The highest BCUT2D eigenvalue weighted by atomic mass is 16.7.